The molecule has 0 aliphatic rings. The number of carbonyl (C=O) groups excluding carboxylic acids is 2. The number of anilines is 1. The van der Waals surface area contributed by atoms with Gasteiger partial charge in [0.2, 0.25) is 11.8 Å². The van der Waals surface area contributed by atoms with Gasteiger partial charge in [-0.05, 0) is 55.5 Å². The minimum atomic E-state index is -3.89. The van der Waals surface area contributed by atoms with Crippen molar-refractivity contribution in [2.24, 2.45) is 5.73 Å². The van der Waals surface area contributed by atoms with Crippen LogP contribution in [0.5, 0.6) is 11.6 Å². The van der Waals surface area contributed by atoms with Gasteiger partial charge in [-0.25, -0.2) is 18.2 Å². The van der Waals surface area contributed by atoms with E-state index in [9.17, 15) is 18.0 Å². The average molecular weight is 441 g/mol. The fourth-order valence-corrected chi connectivity index (χ4v) is 3.58. The van der Waals surface area contributed by atoms with E-state index in [1.807, 2.05) is 0 Å². The highest BCUT2D eigenvalue weighted by molar-refractivity contribution is 7.92. The molecule has 1 amide bonds. The Bertz CT molecular complexity index is 1190. The standard InChI is InChI=1S/C21H19N3O6S/c1-2-29-21(26)14-6-9-18(10-7-14)31(27,28)24-16-8-11-19(23-13-16)30-17-5-3-4-15(12-17)20(22)25/h3-13,24H,2H2,1H3,(H2,22,25). The summed E-state index contributed by atoms with van der Waals surface area (Å²) in [6, 6.07) is 14.6. The van der Waals surface area contributed by atoms with Gasteiger partial charge >= 0.3 is 5.97 Å². The minimum Gasteiger partial charge on any atom is -0.462 e. The minimum absolute atomic E-state index is 0.0239. The van der Waals surface area contributed by atoms with Crippen LogP contribution in [-0.4, -0.2) is 31.9 Å². The Balaban J connectivity index is 1.69. The third-order valence-corrected chi connectivity index (χ3v) is 5.40. The maximum atomic E-state index is 12.6. The number of ether oxygens (including phenoxy) is 2. The number of nitrogens with zero attached hydrogens (tertiary/aromatic N) is 1. The van der Waals surface area contributed by atoms with Gasteiger partial charge < -0.3 is 15.2 Å². The van der Waals surface area contributed by atoms with Crippen molar-refractivity contribution in [1.29, 1.82) is 0 Å². The lowest BCUT2D eigenvalue weighted by Gasteiger charge is -2.10. The molecule has 0 aliphatic heterocycles. The molecule has 0 unspecified atom stereocenters. The van der Waals surface area contributed by atoms with Gasteiger partial charge in [-0.2, -0.15) is 0 Å². The Morgan fingerprint density at radius 2 is 1.77 bits per heavy atom. The van der Waals surface area contributed by atoms with E-state index >= 15 is 0 Å². The Labute approximate surface area is 178 Å². The number of aromatic nitrogens is 1. The van der Waals surface area contributed by atoms with Crippen LogP contribution in [0.2, 0.25) is 0 Å². The summed E-state index contributed by atoms with van der Waals surface area (Å²) in [5.41, 5.74) is 6.00. The number of nitrogens with two attached hydrogens (primary N) is 1. The van der Waals surface area contributed by atoms with Crippen LogP contribution in [0.1, 0.15) is 27.6 Å². The molecule has 0 saturated heterocycles. The fraction of sp³-hybridized carbons (Fsp3) is 0.0952. The summed E-state index contributed by atoms with van der Waals surface area (Å²) in [6.07, 6.45) is 1.29. The van der Waals surface area contributed by atoms with Crippen LogP contribution in [0.3, 0.4) is 0 Å². The van der Waals surface area contributed by atoms with E-state index in [0.717, 1.165) is 0 Å². The van der Waals surface area contributed by atoms with Crippen molar-refractivity contribution in [1.82, 2.24) is 4.98 Å². The molecule has 0 aliphatic carbocycles. The molecule has 0 fully saturated rings. The highest BCUT2D eigenvalue weighted by atomic mass is 32.2. The molecule has 3 rings (SSSR count). The van der Waals surface area contributed by atoms with Gasteiger partial charge in [0.1, 0.15) is 5.75 Å². The van der Waals surface area contributed by atoms with Gasteiger partial charge in [-0.15, -0.1) is 0 Å². The van der Waals surface area contributed by atoms with Crippen molar-refractivity contribution in [3.8, 4) is 11.6 Å². The summed E-state index contributed by atoms with van der Waals surface area (Å²) in [7, 11) is -3.89. The van der Waals surface area contributed by atoms with Crippen LogP contribution in [0.4, 0.5) is 5.69 Å². The van der Waals surface area contributed by atoms with Crippen molar-refractivity contribution < 1.29 is 27.5 Å². The molecule has 31 heavy (non-hydrogen) atoms. The van der Waals surface area contributed by atoms with Gasteiger partial charge in [0.05, 0.1) is 29.0 Å². The van der Waals surface area contributed by atoms with E-state index in [1.54, 1.807) is 25.1 Å². The van der Waals surface area contributed by atoms with Crippen LogP contribution in [-0.2, 0) is 14.8 Å². The zero-order valence-corrected chi connectivity index (χ0v) is 17.3. The number of amides is 1. The Hall–Kier alpha value is -3.92. The van der Waals surface area contributed by atoms with Gasteiger partial charge in [0.25, 0.3) is 10.0 Å². The van der Waals surface area contributed by atoms with Crippen molar-refractivity contribution in [3.63, 3.8) is 0 Å². The predicted molar refractivity (Wildman–Crippen MR) is 112 cm³/mol. The van der Waals surface area contributed by atoms with E-state index in [2.05, 4.69) is 9.71 Å². The number of hydrogen-bond acceptors (Lipinski definition) is 7. The lowest BCUT2D eigenvalue weighted by Crippen LogP contribution is -2.13. The van der Waals surface area contributed by atoms with E-state index in [4.69, 9.17) is 15.2 Å². The molecule has 9 nitrogen and oxygen atoms in total. The molecule has 10 heteroatoms. The molecule has 0 atom stereocenters. The number of hydrogen-bond donors (Lipinski definition) is 2. The zero-order chi connectivity index (χ0) is 22.4. The molecule has 3 aromatic rings. The van der Waals surface area contributed by atoms with Gasteiger partial charge in [0, 0.05) is 11.6 Å². The highest BCUT2D eigenvalue weighted by Gasteiger charge is 2.16. The fourth-order valence-electron chi connectivity index (χ4n) is 2.53. The topological polar surface area (TPSA) is 138 Å². The van der Waals surface area contributed by atoms with Crippen molar-refractivity contribution >= 4 is 27.6 Å². The number of pyridine rings is 1. The second kappa shape index (κ2) is 9.26. The summed E-state index contributed by atoms with van der Waals surface area (Å²) in [5, 5.41) is 0. The third kappa shape index (κ3) is 5.58. The molecular formula is C21H19N3O6S. The van der Waals surface area contributed by atoms with Gasteiger partial charge in [0.15, 0.2) is 0 Å². The van der Waals surface area contributed by atoms with Crippen LogP contribution in [0.25, 0.3) is 0 Å². The summed E-state index contributed by atoms with van der Waals surface area (Å²) in [4.78, 5) is 27.0. The molecule has 0 saturated carbocycles. The van der Waals surface area contributed by atoms with Crippen molar-refractivity contribution in [2.45, 2.75) is 11.8 Å². The second-order valence-electron chi connectivity index (χ2n) is 6.23. The molecule has 0 radical (unpaired) electrons. The number of esters is 1. The maximum Gasteiger partial charge on any atom is 0.338 e. The maximum absolute atomic E-state index is 12.6. The normalized spacial score (nSPS) is 10.9. The molecule has 1 heterocycles. The molecule has 0 spiro atoms. The Kier molecular flexibility index (Phi) is 6.51. The predicted octanol–water partition coefficient (Wildman–Crippen LogP) is 2.95. The summed E-state index contributed by atoms with van der Waals surface area (Å²) >= 11 is 0. The van der Waals surface area contributed by atoms with Crippen LogP contribution in [0, 0.1) is 0 Å². The van der Waals surface area contributed by atoms with E-state index in [-0.39, 0.29) is 34.2 Å². The summed E-state index contributed by atoms with van der Waals surface area (Å²) in [6.45, 7) is 1.91. The number of sulfonamides is 1. The van der Waals surface area contributed by atoms with E-state index in [1.165, 1.54) is 48.7 Å². The molecule has 0 bridgehead atoms. The van der Waals surface area contributed by atoms with Crippen molar-refractivity contribution in [2.75, 3.05) is 11.3 Å². The Morgan fingerprint density at radius 1 is 1.03 bits per heavy atom. The van der Waals surface area contributed by atoms with Gasteiger partial charge in [-0.1, -0.05) is 6.07 Å². The second-order valence-corrected chi connectivity index (χ2v) is 7.91. The van der Waals surface area contributed by atoms with Gasteiger partial charge in [-0.3, -0.25) is 9.52 Å². The quantitative estimate of drug-likeness (QED) is 0.513. The largest absolute Gasteiger partial charge is 0.462 e. The first-order valence-corrected chi connectivity index (χ1v) is 10.6. The summed E-state index contributed by atoms with van der Waals surface area (Å²) in [5.74, 6) is -0.554. The monoisotopic (exact) mass is 441 g/mol. The lowest BCUT2D eigenvalue weighted by atomic mass is 10.2. The molecular weight excluding hydrogens is 422 g/mol. The number of rotatable bonds is 8. The first kappa shape index (κ1) is 21.8. The number of primary amides is 1. The molecule has 2 aromatic carbocycles. The Morgan fingerprint density at radius 3 is 2.39 bits per heavy atom. The molecule has 3 N–H and O–H groups in total. The first-order valence-electron chi connectivity index (χ1n) is 9.12. The van der Waals surface area contributed by atoms with Crippen LogP contribution >= 0.6 is 0 Å². The van der Waals surface area contributed by atoms with Crippen LogP contribution in [0.15, 0.2) is 71.8 Å². The number of nitrogens with one attached hydrogen (secondary N) is 1. The van der Waals surface area contributed by atoms with E-state index in [0.29, 0.717) is 5.75 Å². The van der Waals surface area contributed by atoms with Crippen LogP contribution < -0.4 is 15.2 Å². The van der Waals surface area contributed by atoms with Crippen molar-refractivity contribution in [3.05, 3.63) is 78.0 Å². The highest BCUT2D eigenvalue weighted by Crippen LogP contribution is 2.23. The lowest BCUT2D eigenvalue weighted by molar-refractivity contribution is 0.0526. The average Bonchev–Trinajstić information content (AvgIpc) is 2.75. The SMILES string of the molecule is CCOC(=O)c1ccc(S(=O)(=O)Nc2ccc(Oc3cccc(C(N)=O)c3)nc2)cc1. The number of carbonyl (C=O) groups is 2. The molecule has 1 aromatic heterocycles. The smallest absolute Gasteiger partial charge is 0.338 e. The first-order chi connectivity index (χ1) is 14.8. The zero-order valence-electron chi connectivity index (χ0n) is 16.4. The number of benzene rings is 2. The summed E-state index contributed by atoms with van der Waals surface area (Å²) < 4.78 is 37.9. The molecule has 160 valence electrons. The third-order valence-electron chi connectivity index (χ3n) is 4.01. The van der Waals surface area contributed by atoms with E-state index < -0.39 is 21.9 Å².